The second-order valence-corrected chi connectivity index (χ2v) is 5.99. The Morgan fingerprint density at radius 2 is 2.00 bits per heavy atom. The SMILES string of the molecule is CC1CCCC(NC(=O)c2ccc(Cl)cc2)(C(=O)O)C1. The van der Waals surface area contributed by atoms with Gasteiger partial charge in [-0.3, -0.25) is 4.79 Å². The largest absolute Gasteiger partial charge is 0.480 e. The standard InChI is InChI=1S/C15H18ClNO3/c1-10-3-2-8-15(9-10,14(19)20)17-13(18)11-4-6-12(16)7-5-11/h4-7,10H,2-3,8-9H2,1H3,(H,17,18)(H,19,20). The van der Waals surface area contributed by atoms with Crippen LogP contribution in [0.4, 0.5) is 0 Å². The molecule has 1 aliphatic rings. The van der Waals surface area contributed by atoms with Gasteiger partial charge in [-0.05, 0) is 43.0 Å². The van der Waals surface area contributed by atoms with Crippen LogP contribution in [-0.2, 0) is 4.79 Å². The molecule has 0 radical (unpaired) electrons. The van der Waals surface area contributed by atoms with Crippen LogP contribution in [0.15, 0.2) is 24.3 Å². The molecule has 1 amide bonds. The third kappa shape index (κ3) is 3.12. The average molecular weight is 296 g/mol. The summed E-state index contributed by atoms with van der Waals surface area (Å²) in [6, 6.07) is 6.43. The molecule has 2 N–H and O–H groups in total. The highest BCUT2D eigenvalue weighted by Crippen LogP contribution is 2.32. The number of carbonyl (C=O) groups is 2. The second-order valence-electron chi connectivity index (χ2n) is 5.55. The zero-order valence-electron chi connectivity index (χ0n) is 11.4. The number of halogens is 1. The first-order chi connectivity index (χ1) is 9.43. The Morgan fingerprint density at radius 3 is 2.55 bits per heavy atom. The Hall–Kier alpha value is -1.55. The fraction of sp³-hybridized carbons (Fsp3) is 0.467. The van der Waals surface area contributed by atoms with Gasteiger partial charge >= 0.3 is 5.97 Å². The third-order valence-corrected chi connectivity index (χ3v) is 4.12. The minimum absolute atomic E-state index is 0.297. The molecule has 0 heterocycles. The Bertz CT molecular complexity index is 514. The van der Waals surface area contributed by atoms with Gasteiger partial charge in [0.15, 0.2) is 0 Å². The smallest absolute Gasteiger partial charge is 0.329 e. The molecule has 1 aromatic rings. The van der Waals surface area contributed by atoms with Crippen molar-refractivity contribution < 1.29 is 14.7 Å². The fourth-order valence-corrected chi connectivity index (χ4v) is 2.93. The van der Waals surface area contributed by atoms with E-state index in [0.29, 0.717) is 29.3 Å². The lowest BCUT2D eigenvalue weighted by Gasteiger charge is -2.37. The molecule has 0 aromatic heterocycles. The van der Waals surface area contributed by atoms with Gasteiger partial charge in [-0.25, -0.2) is 4.79 Å². The van der Waals surface area contributed by atoms with E-state index in [1.807, 2.05) is 6.92 Å². The van der Waals surface area contributed by atoms with Crippen molar-refractivity contribution in [3.05, 3.63) is 34.9 Å². The number of aliphatic carboxylic acids is 1. The molecule has 1 fully saturated rings. The van der Waals surface area contributed by atoms with E-state index in [0.717, 1.165) is 12.8 Å². The van der Waals surface area contributed by atoms with Crippen LogP contribution < -0.4 is 5.32 Å². The highest BCUT2D eigenvalue weighted by atomic mass is 35.5. The Balaban J connectivity index is 2.18. The van der Waals surface area contributed by atoms with Crippen molar-refractivity contribution in [2.24, 2.45) is 5.92 Å². The number of amides is 1. The molecular formula is C15H18ClNO3. The lowest BCUT2D eigenvalue weighted by Crippen LogP contribution is -2.56. The lowest BCUT2D eigenvalue weighted by molar-refractivity contribution is -0.146. The predicted molar refractivity (Wildman–Crippen MR) is 76.9 cm³/mol. The van der Waals surface area contributed by atoms with Crippen LogP contribution in [-0.4, -0.2) is 22.5 Å². The molecule has 0 bridgehead atoms. The van der Waals surface area contributed by atoms with Gasteiger partial charge < -0.3 is 10.4 Å². The summed E-state index contributed by atoms with van der Waals surface area (Å²) in [6.07, 6.45) is 2.77. The molecule has 2 unspecified atom stereocenters. The number of nitrogens with one attached hydrogen (secondary N) is 1. The van der Waals surface area contributed by atoms with Crippen LogP contribution in [0.3, 0.4) is 0 Å². The normalized spacial score (nSPS) is 26.0. The van der Waals surface area contributed by atoms with Gasteiger partial charge in [-0.1, -0.05) is 31.4 Å². The maximum absolute atomic E-state index is 12.2. The van der Waals surface area contributed by atoms with Gasteiger partial charge in [-0.15, -0.1) is 0 Å². The molecule has 2 atom stereocenters. The zero-order chi connectivity index (χ0) is 14.8. The Kier molecular flexibility index (Phi) is 4.33. The molecule has 0 spiro atoms. The molecule has 108 valence electrons. The van der Waals surface area contributed by atoms with Crippen molar-refractivity contribution in [1.29, 1.82) is 0 Å². The number of hydrogen-bond donors (Lipinski definition) is 2. The van der Waals surface area contributed by atoms with Crippen LogP contribution in [0.1, 0.15) is 43.0 Å². The van der Waals surface area contributed by atoms with E-state index in [1.165, 1.54) is 0 Å². The molecule has 1 aromatic carbocycles. The third-order valence-electron chi connectivity index (χ3n) is 3.87. The maximum Gasteiger partial charge on any atom is 0.329 e. The van der Waals surface area contributed by atoms with E-state index in [1.54, 1.807) is 24.3 Å². The molecule has 1 aliphatic carbocycles. The number of carboxylic acid groups (broad SMARTS) is 1. The Morgan fingerprint density at radius 1 is 1.35 bits per heavy atom. The van der Waals surface area contributed by atoms with E-state index < -0.39 is 11.5 Å². The number of rotatable bonds is 3. The number of hydrogen-bond acceptors (Lipinski definition) is 2. The molecule has 1 saturated carbocycles. The Labute approximate surface area is 123 Å². The van der Waals surface area contributed by atoms with Gasteiger partial charge in [0.25, 0.3) is 5.91 Å². The van der Waals surface area contributed by atoms with Crippen LogP contribution in [0.5, 0.6) is 0 Å². The van der Waals surface area contributed by atoms with Gasteiger partial charge in [0.05, 0.1) is 0 Å². The summed E-state index contributed by atoms with van der Waals surface area (Å²) >= 11 is 5.78. The van der Waals surface area contributed by atoms with E-state index in [9.17, 15) is 14.7 Å². The average Bonchev–Trinajstić information content (AvgIpc) is 2.39. The summed E-state index contributed by atoms with van der Waals surface area (Å²) in [6.45, 7) is 2.02. The summed E-state index contributed by atoms with van der Waals surface area (Å²) in [5, 5.41) is 12.8. The molecule has 20 heavy (non-hydrogen) atoms. The zero-order valence-corrected chi connectivity index (χ0v) is 12.1. The number of benzene rings is 1. The summed E-state index contributed by atoms with van der Waals surface area (Å²) in [5.41, 5.74) is -0.720. The minimum atomic E-state index is -1.14. The van der Waals surface area contributed by atoms with Crippen molar-refractivity contribution >= 4 is 23.5 Å². The fourth-order valence-electron chi connectivity index (χ4n) is 2.80. The second kappa shape index (κ2) is 5.83. The quantitative estimate of drug-likeness (QED) is 0.900. The first kappa shape index (κ1) is 14.9. The highest BCUT2D eigenvalue weighted by Gasteiger charge is 2.43. The lowest BCUT2D eigenvalue weighted by atomic mass is 9.76. The van der Waals surface area contributed by atoms with Gasteiger partial charge in [0, 0.05) is 10.6 Å². The molecular weight excluding hydrogens is 278 g/mol. The van der Waals surface area contributed by atoms with E-state index >= 15 is 0 Å². The van der Waals surface area contributed by atoms with E-state index in [-0.39, 0.29) is 5.91 Å². The van der Waals surface area contributed by atoms with Crippen molar-refractivity contribution in [3.63, 3.8) is 0 Å². The monoisotopic (exact) mass is 295 g/mol. The topological polar surface area (TPSA) is 66.4 Å². The first-order valence-electron chi connectivity index (χ1n) is 6.74. The van der Waals surface area contributed by atoms with E-state index in [2.05, 4.69) is 5.32 Å². The number of carbonyl (C=O) groups excluding carboxylic acids is 1. The van der Waals surface area contributed by atoms with Gasteiger partial charge in [0.2, 0.25) is 0 Å². The van der Waals surface area contributed by atoms with Crippen molar-refractivity contribution in [2.45, 2.75) is 38.1 Å². The summed E-state index contributed by atoms with van der Waals surface area (Å²) in [4.78, 5) is 23.8. The maximum atomic E-state index is 12.2. The van der Waals surface area contributed by atoms with Crippen LogP contribution >= 0.6 is 11.6 Å². The van der Waals surface area contributed by atoms with E-state index in [4.69, 9.17) is 11.6 Å². The van der Waals surface area contributed by atoms with Gasteiger partial charge in [-0.2, -0.15) is 0 Å². The highest BCUT2D eigenvalue weighted by molar-refractivity contribution is 6.30. The number of carboxylic acids is 1. The van der Waals surface area contributed by atoms with Gasteiger partial charge in [0.1, 0.15) is 5.54 Å². The molecule has 4 nitrogen and oxygen atoms in total. The summed E-state index contributed by atoms with van der Waals surface area (Å²) < 4.78 is 0. The molecule has 2 rings (SSSR count). The first-order valence-corrected chi connectivity index (χ1v) is 7.12. The van der Waals surface area contributed by atoms with Crippen molar-refractivity contribution in [1.82, 2.24) is 5.32 Å². The molecule has 0 aliphatic heterocycles. The minimum Gasteiger partial charge on any atom is -0.480 e. The van der Waals surface area contributed by atoms with Crippen molar-refractivity contribution in [3.8, 4) is 0 Å². The molecule has 0 saturated heterocycles. The van der Waals surface area contributed by atoms with Crippen LogP contribution in [0, 0.1) is 5.92 Å². The van der Waals surface area contributed by atoms with Crippen LogP contribution in [0.2, 0.25) is 5.02 Å². The summed E-state index contributed by atoms with van der Waals surface area (Å²) in [7, 11) is 0. The molecule has 5 heteroatoms. The van der Waals surface area contributed by atoms with Crippen molar-refractivity contribution in [2.75, 3.05) is 0 Å². The predicted octanol–water partition coefficient (Wildman–Crippen LogP) is 3.10. The van der Waals surface area contributed by atoms with Crippen LogP contribution in [0.25, 0.3) is 0 Å². The summed E-state index contributed by atoms with van der Waals surface area (Å²) in [5.74, 6) is -1.02.